The van der Waals surface area contributed by atoms with Gasteiger partial charge in [-0.05, 0) is 59.6 Å². The lowest BCUT2D eigenvalue weighted by molar-refractivity contribution is 0.122. The van der Waals surface area contributed by atoms with Crippen LogP contribution in [0.2, 0.25) is 0 Å². The first-order chi connectivity index (χ1) is 10.9. The van der Waals surface area contributed by atoms with Crippen molar-refractivity contribution in [1.82, 2.24) is 10.3 Å². The smallest absolute Gasteiger partial charge is 0.157 e. The van der Waals surface area contributed by atoms with Crippen molar-refractivity contribution < 1.29 is 13.2 Å². The Kier molecular flexibility index (Phi) is 4.96. The van der Waals surface area contributed by atoms with Crippen molar-refractivity contribution in [3.05, 3.63) is 22.3 Å². The Labute approximate surface area is 145 Å². The number of morpholine rings is 1. The highest BCUT2D eigenvalue weighted by Crippen LogP contribution is 2.40. The van der Waals surface area contributed by atoms with E-state index in [1.807, 2.05) is 12.1 Å². The number of hydrogen-bond acceptors (Lipinski definition) is 6. The Morgan fingerprint density at radius 3 is 2.52 bits per heavy atom. The predicted molar refractivity (Wildman–Crippen MR) is 93.6 cm³/mol. The number of anilines is 1. The molecule has 1 aromatic rings. The molecular formula is C15H22BrN3O3S. The highest BCUT2D eigenvalue weighted by molar-refractivity contribution is 9.10. The summed E-state index contributed by atoms with van der Waals surface area (Å²) >= 11 is 3.46. The average molecular weight is 404 g/mol. The average Bonchev–Trinajstić information content (AvgIpc) is 2.55. The molecule has 8 heteroatoms. The lowest BCUT2D eigenvalue weighted by atomic mass is 9.89. The van der Waals surface area contributed by atoms with Crippen molar-refractivity contribution in [2.24, 2.45) is 0 Å². The number of nitrogens with one attached hydrogen (secondary N) is 1. The monoisotopic (exact) mass is 403 g/mol. The van der Waals surface area contributed by atoms with E-state index in [0.717, 1.165) is 24.5 Å². The lowest BCUT2D eigenvalue weighted by Crippen LogP contribution is -2.45. The molecule has 2 aliphatic rings. The number of halogens is 1. The van der Waals surface area contributed by atoms with Crippen LogP contribution in [0.1, 0.15) is 18.4 Å². The van der Waals surface area contributed by atoms with Gasteiger partial charge in [0.05, 0.1) is 18.0 Å². The normalized spacial score (nSPS) is 22.1. The molecule has 0 saturated carbocycles. The van der Waals surface area contributed by atoms with E-state index in [0.29, 0.717) is 43.7 Å². The van der Waals surface area contributed by atoms with E-state index in [1.165, 1.54) is 6.26 Å². The summed E-state index contributed by atoms with van der Waals surface area (Å²) in [5, 5.41) is 3.26. The Bertz CT molecular complexity index is 669. The van der Waals surface area contributed by atoms with Crippen LogP contribution in [0.3, 0.4) is 0 Å². The molecule has 0 unspecified atom stereocenters. The van der Waals surface area contributed by atoms with Crippen LogP contribution in [-0.4, -0.2) is 59.1 Å². The van der Waals surface area contributed by atoms with Crippen molar-refractivity contribution in [2.45, 2.75) is 17.6 Å². The van der Waals surface area contributed by atoms with E-state index in [2.05, 4.69) is 31.1 Å². The van der Waals surface area contributed by atoms with Crippen molar-refractivity contribution in [1.29, 1.82) is 0 Å². The minimum atomic E-state index is -3.24. The van der Waals surface area contributed by atoms with Crippen LogP contribution in [0.5, 0.6) is 0 Å². The molecule has 6 nitrogen and oxygen atoms in total. The Hall–Kier alpha value is -0.700. The molecule has 0 aromatic carbocycles. The summed E-state index contributed by atoms with van der Waals surface area (Å²) in [5.41, 5.74) is 0.838. The zero-order valence-electron chi connectivity index (χ0n) is 13.2. The number of pyridine rings is 1. The number of piperidine rings is 1. The van der Waals surface area contributed by atoms with E-state index in [-0.39, 0.29) is 0 Å². The van der Waals surface area contributed by atoms with E-state index in [9.17, 15) is 8.42 Å². The maximum atomic E-state index is 12.6. The molecule has 3 heterocycles. The minimum Gasteiger partial charge on any atom is -0.378 e. The molecule has 0 aliphatic carbocycles. The van der Waals surface area contributed by atoms with Gasteiger partial charge in [-0.3, -0.25) is 0 Å². The second-order valence-electron chi connectivity index (χ2n) is 6.15. The van der Waals surface area contributed by atoms with Gasteiger partial charge in [0.1, 0.15) is 10.4 Å². The maximum Gasteiger partial charge on any atom is 0.157 e. The Balaban J connectivity index is 2.04. The fraction of sp³-hybridized carbons (Fsp3) is 0.667. The number of sulfone groups is 1. The van der Waals surface area contributed by atoms with E-state index < -0.39 is 14.6 Å². The molecule has 23 heavy (non-hydrogen) atoms. The summed E-state index contributed by atoms with van der Waals surface area (Å²) in [6.45, 7) is 4.31. The molecule has 0 atom stereocenters. The zero-order chi connectivity index (χ0) is 16.5. The quantitative estimate of drug-likeness (QED) is 0.766. The summed E-state index contributed by atoms with van der Waals surface area (Å²) in [6.07, 6.45) is 2.52. The van der Waals surface area contributed by atoms with Crippen LogP contribution in [0.4, 0.5) is 5.82 Å². The summed E-state index contributed by atoms with van der Waals surface area (Å²) in [4.78, 5) is 6.69. The number of nitrogens with zero attached hydrogens (tertiary/aromatic N) is 2. The standard InChI is InChI=1S/C15H22BrN3O3S/c1-23(20,21)15(2-4-17-5-3-15)12-10-13(16)18-14(11-12)19-6-8-22-9-7-19/h10-11,17H,2-9H2,1H3. The molecule has 1 N–H and O–H groups in total. The van der Waals surface area contributed by atoms with Gasteiger partial charge in [0.15, 0.2) is 9.84 Å². The third kappa shape index (κ3) is 3.40. The first-order valence-corrected chi connectivity index (χ1v) is 10.5. The summed E-state index contributed by atoms with van der Waals surface area (Å²) < 4.78 is 30.5. The van der Waals surface area contributed by atoms with Crippen LogP contribution >= 0.6 is 15.9 Å². The first kappa shape index (κ1) is 17.1. The molecule has 128 valence electrons. The Morgan fingerprint density at radius 1 is 1.26 bits per heavy atom. The number of aromatic nitrogens is 1. The van der Waals surface area contributed by atoms with Gasteiger partial charge in [-0.25, -0.2) is 13.4 Å². The first-order valence-electron chi connectivity index (χ1n) is 7.83. The maximum absolute atomic E-state index is 12.6. The third-order valence-corrected chi connectivity index (χ3v) is 7.23. The van der Waals surface area contributed by atoms with Gasteiger partial charge >= 0.3 is 0 Å². The van der Waals surface area contributed by atoms with Gasteiger partial charge in [-0.2, -0.15) is 0 Å². The SMILES string of the molecule is CS(=O)(=O)C1(c2cc(Br)nc(N3CCOCC3)c2)CCNCC1. The lowest BCUT2D eigenvalue weighted by Gasteiger charge is -2.37. The Morgan fingerprint density at radius 2 is 1.91 bits per heavy atom. The number of rotatable bonds is 3. The summed E-state index contributed by atoms with van der Waals surface area (Å²) in [6, 6.07) is 3.80. The number of hydrogen-bond donors (Lipinski definition) is 1. The van der Waals surface area contributed by atoms with Crippen LogP contribution in [0, 0.1) is 0 Å². The predicted octanol–water partition coefficient (Wildman–Crippen LogP) is 1.30. The molecule has 0 bridgehead atoms. The van der Waals surface area contributed by atoms with Gasteiger partial charge in [0.2, 0.25) is 0 Å². The fourth-order valence-electron chi connectivity index (χ4n) is 3.40. The molecule has 0 radical (unpaired) electrons. The fourth-order valence-corrected chi connectivity index (χ4v) is 5.32. The molecule has 2 aliphatic heterocycles. The van der Waals surface area contributed by atoms with Crippen LogP contribution in [-0.2, 0) is 19.3 Å². The van der Waals surface area contributed by atoms with Gasteiger partial charge in [-0.1, -0.05) is 0 Å². The third-order valence-electron chi connectivity index (χ3n) is 4.76. The minimum absolute atomic E-state index is 0.588. The summed E-state index contributed by atoms with van der Waals surface area (Å²) in [5.74, 6) is 0.819. The van der Waals surface area contributed by atoms with Crippen molar-refractivity contribution >= 4 is 31.6 Å². The van der Waals surface area contributed by atoms with Crippen molar-refractivity contribution in [2.75, 3.05) is 50.5 Å². The summed E-state index contributed by atoms with van der Waals surface area (Å²) in [7, 11) is -3.24. The van der Waals surface area contributed by atoms with Crippen molar-refractivity contribution in [3.63, 3.8) is 0 Å². The molecule has 3 rings (SSSR count). The zero-order valence-corrected chi connectivity index (χ0v) is 15.6. The highest BCUT2D eigenvalue weighted by atomic mass is 79.9. The second-order valence-corrected chi connectivity index (χ2v) is 9.29. The molecule has 0 amide bonds. The largest absolute Gasteiger partial charge is 0.378 e. The van der Waals surface area contributed by atoms with E-state index in [1.54, 1.807) is 0 Å². The second kappa shape index (κ2) is 6.66. The molecule has 1 aromatic heterocycles. The van der Waals surface area contributed by atoms with E-state index in [4.69, 9.17) is 4.74 Å². The van der Waals surface area contributed by atoms with Gasteiger partial charge in [0.25, 0.3) is 0 Å². The van der Waals surface area contributed by atoms with Gasteiger partial charge in [-0.15, -0.1) is 0 Å². The van der Waals surface area contributed by atoms with Crippen LogP contribution in [0.15, 0.2) is 16.7 Å². The highest BCUT2D eigenvalue weighted by Gasteiger charge is 2.44. The van der Waals surface area contributed by atoms with Crippen molar-refractivity contribution in [3.8, 4) is 0 Å². The number of ether oxygens (including phenoxy) is 1. The van der Waals surface area contributed by atoms with E-state index >= 15 is 0 Å². The van der Waals surface area contributed by atoms with Gasteiger partial charge < -0.3 is 15.0 Å². The van der Waals surface area contributed by atoms with Gasteiger partial charge in [0, 0.05) is 19.3 Å². The van der Waals surface area contributed by atoms with Crippen LogP contribution < -0.4 is 10.2 Å². The molecular weight excluding hydrogens is 382 g/mol. The van der Waals surface area contributed by atoms with Crippen LogP contribution in [0.25, 0.3) is 0 Å². The topological polar surface area (TPSA) is 71.5 Å². The molecule has 2 saturated heterocycles. The molecule has 2 fully saturated rings. The molecule has 0 spiro atoms.